The number of hydrogen-bond donors (Lipinski definition) is 1. The Kier molecular flexibility index (Phi) is 5.11. The summed E-state index contributed by atoms with van der Waals surface area (Å²) in [5.74, 6) is 3.10. The van der Waals surface area contributed by atoms with Gasteiger partial charge in [-0.05, 0) is 54.9 Å². The maximum absolute atomic E-state index is 6.22. The molecule has 0 fully saturated rings. The van der Waals surface area contributed by atoms with Crippen LogP contribution in [0.1, 0.15) is 17.2 Å². The van der Waals surface area contributed by atoms with Gasteiger partial charge in [0.2, 0.25) is 0 Å². The molecule has 0 saturated heterocycles. The van der Waals surface area contributed by atoms with Gasteiger partial charge in [0, 0.05) is 12.1 Å². The molecular formula is C19H23NO4. The first kappa shape index (κ1) is 16.5. The Morgan fingerprint density at radius 1 is 0.875 bits per heavy atom. The van der Waals surface area contributed by atoms with E-state index in [0.29, 0.717) is 0 Å². The summed E-state index contributed by atoms with van der Waals surface area (Å²) < 4.78 is 22.3. The van der Waals surface area contributed by atoms with Crippen LogP contribution in [0.25, 0.3) is 0 Å². The Labute approximate surface area is 142 Å². The molecule has 3 rings (SSSR count). The summed E-state index contributed by atoms with van der Waals surface area (Å²) in [7, 11) is 4.96. The third-order valence-corrected chi connectivity index (χ3v) is 4.23. The molecule has 0 spiro atoms. The van der Waals surface area contributed by atoms with E-state index in [-0.39, 0.29) is 6.10 Å². The average molecular weight is 329 g/mol. The van der Waals surface area contributed by atoms with Gasteiger partial charge >= 0.3 is 0 Å². The zero-order valence-electron chi connectivity index (χ0n) is 14.3. The maximum atomic E-state index is 6.22. The summed E-state index contributed by atoms with van der Waals surface area (Å²) in [6, 6.07) is 11.7. The van der Waals surface area contributed by atoms with Crippen LogP contribution < -0.4 is 24.3 Å². The van der Waals surface area contributed by atoms with E-state index in [1.807, 2.05) is 36.4 Å². The Morgan fingerprint density at radius 2 is 1.54 bits per heavy atom. The highest BCUT2D eigenvalue weighted by atomic mass is 16.5. The molecule has 0 radical (unpaired) electrons. The SMILES string of the molecule is COc1ccc(OC2CNCCc3cc(OC)c(OC)cc32)cc1. The molecule has 1 aliphatic rings. The minimum Gasteiger partial charge on any atom is -0.497 e. The van der Waals surface area contributed by atoms with E-state index in [9.17, 15) is 0 Å². The van der Waals surface area contributed by atoms with E-state index >= 15 is 0 Å². The molecule has 1 heterocycles. The number of rotatable bonds is 5. The first-order valence-electron chi connectivity index (χ1n) is 8.01. The lowest BCUT2D eigenvalue weighted by Gasteiger charge is -2.21. The molecule has 0 aromatic heterocycles. The minimum absolute atomic E-state index is 0.0873. The van der Waals surface area contributed by atoms with Crippen molar-refractivity contribution in [2.45, 2.75) is 12.5 Å². The van der Waals surface area contributed by atoms with Crippen LogP contribution in [0.2, 0.25) is 0 Å². The third kappa shape index (κ3) is 3.41. The van der Waals surface area contributed by atoms with Gasteiger partial charge in [0.25, 0.3) is 0 Å². The van der Waals surface area contributed by atoms with Crippen LogP contribution in [-0.2, 0) is 6.42 Å². The second-order valence-corrected chi connectivity index (χ2v) is 5.64. The summed E-state index contributed by atoms with van der Waals surface area (Å²) in [6.07, 6.45) is 0.841. The van der Waals surface area contributed by atoms with Gasteiger partial charge in [0.1, 0.15) is 17.6 Å². The topological polar surface area (TPSA) is 49.0 Å². The lowest BCUT2D eigenvalue weighted by molar-refractivity contribution is 0.204. The van der Waals surface area contributed by atoms with Crippen molar-refractivity contribution in [2.24, 2.45) is 0 Å². The fraction of sp³-hybridized carbons (Fsp3) is 0.368. The first-order chi connectivity index (χ1) is 11.7. The van der Waals surface area contributed by atoms with Gasteiger partial charge in [-0.25, -0.2) is 0 Å². The highest BCUT2D eigenvalue weighted by Gasteiger charge is 2.23. The van der Waals surface area contributed by atoms with Crippen LogP contribution in [0.4, 0.5) is 0 Å². The number of hydrogen-bond acceptors (Lipinski definition) is 5. The Hall–Kier alpha value is -2.40. The van der Waals surface area contributed by atoms with Crippen LogP contribution >= 0.6 is 0 Å². The molecule has 0 bridgehead atoms. The van der Waals surface area contributed by atoms with Crippen molar-refractivity contribution in [3.63, 3.8) is 0 Å². The smallest absolute Gasteiger partial charge is 0.161 e. The molecule has 1 atom stereocenters. The van der Waals surface area contributed by atoms with Crippen molar-refractivity contribution in [1.82, 2.24) is 5.32 Å². The number of nitrogens with one attached hydrogen (secondary N) is 1. The number of benzene rings is 2. The van der Waals surface area contributed by atoms with Gasteiger partial charge in [0.15, 0.2) is 11.5 Å². The zero-order valence-corrected chi connectivity index (χ0v) is 14.3. The normalized spacial score (nSPS) is 16.7. The van der Waals surface area contributed by atoms with Gasteiger partial charge in [0.05, 0.1) is 21.3 Å². The van der Waals surface area contributed by atoms with E-state index in [1.54, 1.807) is 21.3 Å². The summed E-state index contributed by atoms with van der Waals surface area (Å²) in [4.78, 5) is 0. The molecule has 0 saturated carbocycles. The Bertz CT molecular complexity index is 685. The number of methoxy groups -OCH3 is 3. The predicted molar refractivity (Wildman–Crippen MR) is 92.5 cm³/mol. The van der Waals surface area contributed by atoms with Crippen molar-refractivity contribution < 1.29 is 18.9 Å². The number of ether oxygens (including phenoxy) is 4. The molecule has 2 aromatic rings. The van der Waals surface area contributed by atoms with Crippen molar-refractivity contribution in [3.8, 4) is 23.0 Å². The summed E-state index contributed by atoms with van der Waals surface area (Å²) in [5.41, 5.74) is 2.35. The predicted octanol–water partition coefficient (Wildman–Crippen LogP) is 2.98. The molecule has 0 amide bonds. The molecule has 5 nitrogen and oxygen atoms in total. The van der Waals surface area contributed by atoms with Crippen molar-refractivity contribution in [2.75, 3.05) is 34.4 Å². The largest absolute Gasteiger partial charge is 0.497 e. The molecule has 5 heteroatoms. The lowest BCUT2D eigenvalue weighted by atomic mass is 10.00. The molecule has 1 unspecified atom stereocenters. The molecule has 0 aliphatic carbocycles. The standard InChI is InChI=1S/C19H23NO4/c1-21-14-4-6-15(7-5-14)24-19-12-20-9-8-13-10-17(22-2)18(23-3)11-16(13)19/h4-7,10-11,19-20H,8-9,12H2,1-3H3. The lowest BCUT2D eigenvalue weighted by Crippen LogP contribution is -2.23. The van der Waals surface area contributed by atoms with Crippen molar-refractivity contribution >= 4 is 0 Å². The summed E-state index contributed by atoms with van der Waals surface area (Å²) >= 11 is 0. The van der Waals surface area contributed by atoms with E-state index in [4.69, 9.17) is 18.9 Å². The molecule has 128 valence electrons. The molecule has 1 aliphatic heterocycles. The first-order valence-corrected chi connectivity index (χ1v) is 8.01. The van der Waals surface area contributed by atoms with Crippen LogP contribution in [-0.4, -0.2) is 34.4 Å². The summed E-state index contributed by atoms with van der Waals surface area (Å²) in [5, 5.41) is 3.43. The van der Waals surface area contributed by atoms with Crippen molar-refractivity contribution in [3.05, 3.63) is 47.5 Å². The van der Waals surface area contributed by atoms with Crippen molar-refractivity contribution in [1.29, 1.82) is 0 Å². The second-order valence-electron chi connectivity index (χ2n) is 5.64. The van der Waals surface area contributed by atoms with Gasteiger partial charge in [-0.3, -0.25) is 0 Å². The van der Waals surface area contributed by atoms with Crippen LogP contribution in [0.5, 0.6) is 23.0 Å². The van der Waals surface area contributed by atoms with Crippen LogP contribution in [0.3, 0.4) is 0 Å². The molecule has 1 N–H and O–H groups in total. The summed E-state index contributed by atoms with van der Waals surface area (Å²) in [6.45, 7) is 1.65. The molecular weight excluding hydrogens is 306 g/mol. The fourth-order valence-corrected chi connectivity index (χ4v) is 2.94. The van der Waals surface area contributed by atoms with E-state index in [0.717, 1.165) is 48.1 Å². The van der Waals surface area contributed by atoms with Gasteiger partial charge in [-0.2, -0.15) is 0 Å². The van der Waals surface area contributed by atoms with E-state index in [1.165, 1.54) is 5.56 Å². The Balaban J connectivity index is 1.91. The average Bonchev–Trinajstić information content (AvgIpc) is 2.83. The van der Waals surface area contributed by atoms with Gasteiger partial charge in [-0.15, -0.1) is 0 Å². The maximum Gasteiger partial charge on any atom is 0.161 e. The van der Waals surface area contributed by atoms with E-state index in [2.05, 4.69) is 5.32 Å². The third-order valence-electron chi connectivity index (χ3n) is 4.23. The zero-order chi connectivity index (χ0) is 16.9. The molecule has 2 aromatic carbocycles. The van der Waals surface area contributed by atoms with Crippen LogP contribution in [0.15, 0.2) is 36.4 Å². The monoisotopic (exact) mass is 329 g/mol. The van der Waals surface area contributed by atoms with E-state index < -0.39 is 0 Å². The molecule has 24 heavy (non-hydrogen) atoms. The van der Waals surface area contributed by atoms with Gasteiger partial charge < -0.3 is 24.3 Å². The van der Waals surface area contributed by atoms with Crippen LogP contribution in [0, 0.1) is 0 Å². The minimum atomic E-state index is -0.0873. The fourth-order valence-electron chi connectivity index (χ4n) is 2.94. The second kappa shape index (κ2) is 7.45. The highest BCUT2D eigenvalue weighted by Crippen LogP contribution is 2.36. The number of fused-ring (bicyclic) bond motifs is 1. The van der Waals surface area contributed by atoms with Gasteiger partial charge in [-0.1, -0.05) is 0 Å². The quantitative estimate of drug-likeness (QED) is 0.914. The highest BCUT2D eigenvalue weighted by molar-refractivity contribution is 5.49. The Morgan fingerprint density at radius 3 is 2.21 bits per heavy atom.